The molecule has 1 aliphatic carbocycles. The van der Waals surface area contributed by atoms with Crippen LogP contribution in [0.2, 0.25) is 0 Å². The molecule has 0 aromatic heterocycles. The lowest BCUT2D eigenvalue weighted by atomic mass is 9.77. The third-order valence-corrected chi connectivity index (χ3v) is 9.51. The van der Waals surface area contributed by atoms with E-state index in [0.29, 0.717) is 0 Å². The summed E-state index contributed by atoms with van der Waals surface area (Å²) in [5.41, 5.74) is -2.36. The van der Waals surface area contributed by atoms with Gasteiger partial charge in [-0.1, -0.05) is 58.9 Å². The Morgan fingerprint density at radius 2 is 1.09 bits per heavy atom. The number of phenols is 2. The van der Waals surface area contributed by atoms with Crippen LogP contribution in [0.1, 0.15) is 85.1 Å². The van der Waals surface area contributed by atoms with Crippen LogP contribution in [0.4, 0.5) is 0 Å². The number of Topliss-reactive ketones (excluding diaryl/α,β-unsaturated/α-hetero) is 3. The molecule has 11 heteroatoms. The first-order valence-electron chi connectivity index (χ1n) is 15.3. The summed E-state index contributed by atoms with van der Waals surface area (Å²) in [6.07, 6.45) is 2.38. The molecule has 2 heterocycles. The van der Waals surface area contributed by atoms with Gasteiger partial charge in [0.1, 0.15) is 11.5 Å². The number of hydrogen-bond donors (Lipinski definition) is 7. The molecular weight excluding hydrogens is 594 g/mol. The molecule has 0 saturated heterocycles. The van der Waals surface area contributed by atoms with Crippen molar-refractivity contribution in [3.05, 3.63) is 69.5 Å². The lowest BCUT2D eigenvalue weighted by molar-refractivity contribution is -0.115. The monoisotopic (exact) mass is 639 g/mol. The highest BCUT2D eigenvalue weighted by Gasteiger charge is 2.41. The van der Waals surface area contributed by atoms with E-state index in [1.54, 1.807) is 40.7 Å². The van der Waals surface area contributed by atoms with Gasteiger partial charge in [-0.2, -0.15) is 0 Å². The summed E-state index contributed by atoms with van der Waals surface area (Å²) in [7, 11) is 0. The Hall–Kier alpha value is -3.90. The van der Waals surface area contributed by atoms with Gasteiger partial charge in [0, 0.05) is 46.8 Å². The van der Waals surface area contributed by atoms with E-state index in [1.165, 1.54) is 39.0 Å². The van der Waals surface area contributed by atoms with E-state index in [4.69, 9.17) is 0 Å². The van der Waals surface area contributed by atoms with Gasteiger partial charge in [0.2, 0.25) is 11.7 Å². The summed E-state index contributed by atoms with van der Waals surface area (Å²) in [5, 5.41) is 68.5. The van der Waals surface area contributed by atoms with Crippen molar-refractivity contribution in [3.8, 4) is 11.5 Å². The minimum absolute atomic E-state index is 0.00616. The predicted octanol–water partition coefficient (Wildman–Crippen LogP) is 3.05. The Labute approximate surface area is 268 Å². The molecule has 4 rings (SSSR count). The van der Waals surface area contributed by atoms with Crippen LogP contribution in [0, 0.1) is 36.5 Å². The zero-order valence-corrected chi connectivity index (χ0v) is 27.4. The highest BCUT2D eigenvalue weighted by atomic mass is 16.3. The maximum atomic E-state index is 13.8. The highest BCUT2D eigenvalue weighted by Crippen LogP contribution is 2.43. The fourth-order valence-electron chi connectivity index (χ4n) is 6.21. The third-order valence-electron chi connectivity index (χ3n) is 9.51. The van der Waals surface area contributed by atoms with Gasteiger partial charge >= 0.3 is 0 Å². The van der Waals surface area contributed by atoms with E-state index in [2.05, 4.69) is 5.32 Å². The molecule has 1 aromatic carbocycles. The normalized spacial score (nSPS) is 34.6. The second-order valence-corrected chi connectivity index (χ2v) is 12.8. The Kier molecular flexibility index (Phi) is 11.3. The van der Waals surface area contributed by atoms with Crippen LogP contribution < -0.4 is 5.32 Å². The number of carbonyl (C=O) groups excluding carboxylic acids is 4. The number of phenolic OH excluding ortho intramolecular Hbond substituents is 2. The lowest BCUT2D eigenvalue weighted by Crippen LogP contribution is -2.45. The molecule has 0 spiro atoms. The standard InChI is InChI=1S/C35H45NO10/c1-14-11-9-10-12-22(37)36-26-17(4)32(43)23-24(33(44)21(8)34(45)25(23)35(26)46)29(40)16(3)13-15(2)28(39)19(6)31(42)20(7)30(41)18(5)27(14)38/h9-15,18-20,27-28,30-31,38-39,41-42,44-45H,1-8H3,(H,36,37)/b11-9+,12-10-,16-13+/t14-,15-,18+,19+,20+,27-,28-,30+,31+/m0/s1. The Morgan fingerprint density at radius 1 is 0.609 bits per heavy atom. The van der Waals surface area contributed by atoms with Gasteiger partial charge in [-0.25, -0.2) is 0 Å². The van der Waals surface area contributed by atoms with Crippen LogP contribution in [0.15, 0.2) is 47.2 Å². The third kappa shape index (κ3) is 6.78. The number of aliphatic hydroxyl groups is 4. The maximum absolute atomic E-state index is 13.8. The number of ketones is 3. The second-order valence-electron chi connectivity index (χ2n) is 12.8. The van der Waals surface area contributed by atoms with Gasteiger partial charge in [0.05, 0.1) is 46.8 Å². The number of benzene rings is 1. The number of aliphatic hydroxyl groups excluding tert-OH is 4. The lowest BCUT2D eigenvalue weighted by Gasteiger charge is -2.36. The van der Waals surface area contributed by atoms with E-state index in [9.17, 15) is 49.8 Å². The van der Waals surface area contributed by atoms with Crippen molar-refractivity contribution in [1.29, 1.82) is 0 Å². The van der Waals surface area contributed by atoms with Crippen LogP contribution in [0.3, 0.4) is 0 Å². The quantitative estimate of drug-likeness (QED) is 0.221. The van der Waals surface area contributed by atoms with E-state index in [1.807, 2.05) is 0 Å². The topological polar surface area (TPSA) is 202 Å². The first kappa shape index (κ1) is 36.6. The molecule has 11 nitrogen and oxygen atoms in total. The molecule has 0 unspecified atom stereocenters. The van der Waals surface area contributed by atoms with Gasteiger partial charge < -0.3 is 36.0 Å². The van der Waals surface area contributed by atoms with E-state index >= 15 is 0 Å². The first-order valence-corrected chi connectivity index (χ1v) is 15.3. The largest absolute Gasteiger partial charge is 0.507 e. The summed E-state index contributed by atoms with van der Waals surface area (Å²) in [5.74, 6) is -8.25. The average molecular weight is 640 g/mol. The summed E-state index contributed by atoms with van der Waals surface area (Å²) in [6, 6.07) is 0. The van der Waals surface area contributed by atoms with Crippen LogP contribution >= 0.6 is 0 Å². The number of nitrogens with one attached hydrogen (secondary N) is 1. The number of amides is 1. The number of allylic oxidation sites excluding steroid dienone is 5. The van der Waals surface area contributed by atoms with Gasteiger partial charge in [-0.05, 0) is 26.3 Å². The molecule has 7 N–H and O–H groups in total. The van der Waals surface area contributed by atoms with E-state index < -0.39 is 111 Å². The Bertz CT molecular complexity index is 1550. The van der Waals surface area contributed by atoms with Crippen molar-refractivity contribution in [2.24, 2.45) is 29.6 Å². The van der Waals surface area contributed by atoms with E-state index in [0.717, 1.165) is 6.08 Å². The summed E-state index contributed by atoms with van der Waals surface area (Å²) >= 11 is 0. The molecule has 1 amide bonds. The Balaban J connectivity index is 2.21. The van der Waals surface area contributed by atoms with Crippen molar-refractivity contribution < 1.29 is 49.8 Å². The molecule has 3 aliphatic rings. The number of rotatable bonds is 0. The molecule has 1 aromatic rings. The molecule has 46 heavy (non-hydrogen) atoms. The second kappa shape index (κ2) is 14.3. The van der Waals surface area contributed by atoms with Crippen molar-refractivity contribution in [2.75, 3.05) is 0 Å². The molecule has 0 saturated carbocycles. The number of fused-ring (bicyclic) bond motifs is 15. The summed E-state index contributed by atoms with van der Waals surface area (Å²) in [4.78, 5) is 53.8. The summed E-state index contributed by atoms with van der Waals surface area (Å²) < 4.78 is 0. The van der Waals surface area contributed by atoms with Crippen LogP contribution in [0.25, 0.3) is 0 Å². The van der Waals surface area contributed by atoms with E-state index in [-0.39, 0.29) is 16.7 Å². The van der Waals surface area contributed by atoms with Crippen molar-refractivity contribution in [2.45, 2.75) is 79.8 Å². The minimum Gasteiger partial charge on any atom is -0.507 e. The average Bonchev–Trinajstić information content (AvgIpc) is 3.02. The van der Waals surface area contributed by atoms with Gasteiger partial charge in [-0.15, -0.1) is 0 Å². The molecule has 0 radical (unpaired) electrons. The van der Waals surface area contributed by atoms with Crippen LogP contribution in [-0.4, -0.2) is 78.3 Å². The highest BCUT2D eigenvalue weighted by molar-refractivity contribution is 6.32. The molecule has 0 fully saturated rings. The fourth-order valence-corrected chi connectivity index (χ4v) is 6.21. The first-order chi connectivity index (χ1) is 21.3. The predicted molar refractivity (Wildman–Crippen MR) is 170 cm³/mol. The summed E-state index contributed by atoms with van der Waals surface area (Å²) in [6.45, 7) is 12.1. The van der Waals surface area contributed by atoms with Crippen molar-refractivity contribution in [1.82, 2.24) is 5.32 Å². The molecule has 250 valence electrons. The van der Waals surface area contributed by atoms with Crippen LogP contribution in [0.5, 0.6) is 11.5 Å². The fraction of sp³-hybridized carbons (Fsp3) is 0.486. The van der Waals surface area contributed by atoms with Gasteiger partial charge in [0.25, 0.3) is 0 Å². The number of hydrogen-bond acceptors (Lipinski definition) is 10. The number of aromatic hydroxyl groups is 2. The minimum atomic E-state index is -1.20. The molecule has 9 atom stereocenters. The molecule has 4 bridgehead atoms. The smallest absolute Gasteiger partial charge is 0.248 e. The maximum Gasteiger partial charge on any atom is 0.248 e. The van der Waals surface area contributed by atoms with Gasteiger partial charge in [-0.3, -0.25) is 19.2 Å². The van der Waals surface area contributed by atoms with Crippen molar-refractivity contribution in [3.63, 3.8) is 0 Å². The zero-order chi connectivity index (χ0) is 34.9. The number of carbonyl (C=O) groups is 4. The Morgan fingerprint density at radius 3 is 1.63 bits per heavy atom. The molecular formula is C35H45NO10. The van der Waals surface area contributed by atoms with Gasteiger partial charge in [0.15, 0.2) is 11.6 Å². The zero-order valence-electron chi connectivity index (χ0n) is 27.4. The van der Waals surface area contributed by atoms with Crippen LogP contribution in [-0.2, 0) is 4.79 Å². The SMILES string of the molecule is CC1=C2NC(=O)/C=C\C=C\[C@H](C)[C@H](O)[C@@H](C)[C@@H](O)[C@@H](C)[C@H](O)[C@H](C)[C@@H](O)[C@@H](C)/C=C(\C)C(=O)c3c(O)c(C)c(O)c(c3C1=O)C2=O. The molecule has 2 aliphatic heterocycles. The van der Waals surface area contributed by atoms with Crippen molar-refractivity contribution >= 4 is 23.3 Å².